The number of nitrogens with one attached hydrogen (secondary N) is 1. The Balaban J connectivity index is 1.97. The van der Waals surface area contributed by atoms with Gasteiger partial charge in [0.25, 0.3) is 5.91 Å². The first kappa shape index (κ1) is 18.5. The van der Waals surface area contributed by atoms with Crippen LogP contribution in [0.3, 0.4) is 0 Å². The monoisotopic (exact) mass is 341 g/mol. The van der Waals surface area contributed by atoms with E-state index in [4.69, 9.17) is 9.84 Å². The third kappa shape index (κ3) is 5.95. The van der Waals surface area contributed by atoms with Crippen molar-refractivity contribution in [1.82, 2.24) is 5.32 Å². The highest BCUT2D eigenvalue weighted by Gasteiger charge is 2.18. The molecule has 0 aromatic heterocycles. The van der Waals surface area contributed by atoms with Crippen molar-refractivity contribution in [1.29, 1.82) is 0 Å². The summed E-state index contributed by atoms with van der Waals surface area (Å²) >= 11 is 0. The van der Waals surface area contributed by atoms with E-state index in [2.05, 4.69) is 19.2 Å². The zero-order valence-electron chi connectivity index (χ0n) is 14.4. The Bertz CT molecular complexity index is 713. The fourth-order valence-corrected chi connectivity index (χ4v) is 2.46. The third-order valence-corrected chi connectivity index (χ3v) is 3.81. The van der Waals surface area contributed by atoms with E-state index in [9.17, 15) is 9.59 Å². The molecule has 0 fully saturated rings. The molecular formula is C20H23NO4. The van der Waals surface area contributed by atoms with Gasteiger partial charge in [-0.05, 0) is 29.2 Å². The Kier molecular flexibility index (Phi) is 6.57. The third-order valence-electron chi connectivity index (χ3n) is 3.81. The van der Waals surface area contributed by atoms with E-state index in [1.54, 1.807) is 18.2 Å². The number of carbonyl (C=O) groups excluding carboxylic acids is 1. The van der Waals surface area contributed by atoms with Gasteiger partial charge >= 0.3 is 5.97 Å². The molecule has 0 saturated heterocycles. The number of hydrogen-bond donors (Lipinski definition) is 2. The van der Waals surface area contributed by atoms with E-state index in [-0.39, 0.29) is 18.9 Å². The van der Waals surface area contributed by atoms with Gasteiger partial charge in [-0.15, -0.1) is 0 Å². The van der Waals surface area contributed by atoms with Gasteiger partial charge < -0.3 is 15.2 Å². The second kappa shape index (κ2) is 8.87. The van der Waals surface area contributed by atoms with Gasteiger partial charge in [0.2, 0.25) is 0 Å². The standard InChI is InChI=1S/C20H23NO4/c1-14(2)16-9-6-10-17(11-16)25-13-19(22)21-18(12-20(23)24)15-7-4-3-5-8-15/h3-11,14,18H,12-13H2,1-2H3,(H,21,22)(H,23,24). The lowest BCUT2D eigenvalue weighted by atomic mass is 10.0. The minimum absolute atomic E-state index is 0.162. The van der Waals surface area contributed by atoms with Crippen LogP contribution in [-0.2, 0) is 9.59 Å². The minimum Gasteiger partial charge on any atom is -0.484 e. The number of carboxylic acids is 1. The number of rotatable bonds is 8. The van der Waals surface area contributed by atoms with Crippen LogP contribution in [0.4, 0.5) is 0 Å². The zero-order valence-corrected chi connectivity index (χ0v) is 14.4. The zero-order chi connectivity index (χ0) is 18.2. The van der Waals surface area contributed by atoms with E-state index in [0.717, 1.165) is 11.1 Å². The van der Waals surface area contributed by atoms with Crippen LogP contribution in [0.15, 0.2) is 54.6 Å². The number of carboxylic acid groups (broad SMARTS) is 1. The molecule has 0 aliphatic rings. The van der Waals surface area contributed by atoms with Crippen molar-refractivity contribution in [2.24, 2.45) is 0 Å². The smallest absolute Gasteiger partial charge is 0.305 e. The first-order valence-electron chi connectivity index (χ1n) is 8.24. The van der Waals surface area contributed by atoms with Crippen molar-refractivity contribution >= 4 is 11.9 Å². The average Bonchev–Trinajstić information content (AvgIpc) is 2.60. The maximum absolute atomic E-state index is 12.2. The molecule has 1 unspecified atom stereocenters. The van der Waals surface area contributed by atoms with Crippen LogP contribution < -0.4 is 10.1 Å². The van der Waals surface area contributed by atoms with Crippen molar-refractivity contribution < 1.29 is 19.4 Å². The Morgan fingerprint density at radius 2 is 1.72 bits per heavy atom. The van der Waals surface area contributed by atoms with Crippen molar-refractivity contribution in [2.45, 2.75) is 32.2 Å². The van der Waals surface area contributed by atoms with Crippen molar-refractivity contribution in [3.8, 4) is 5.75 Å². The van der Waals surface area contributed by atoms with Gasteiger partial charge in [-0.2, -0.15) is 0 Å². The van der Waals surface area contributed by atoms with E-state index >= 15 is 0 Å². The Hall–Kier alpha value is -2.82. The van der Waals surface area contributed by atoms with Crippen LogP contribution in [0.25, 0.3) is 0 Å². The molecule has 1 atom stereocenters. The normalized spacial score (nSPS) is 11.8. The van der Waals surface area contributed by atoms with Gasteiger partial charge in [0, 0.05) is 0 Å². The van der Waals surface area contributed by atoms with E-state index in [0.29, 0.717) is 11.7 Å². The van der Waals surface area contributed by atoms with Crippen LogP contribution in [0, 0.1) is 0 Å². The van der Waals surface area contributed by atoms with Crippen LogP contribution in [0.5, 0.6) is 5.75 Å². The average molecular weight is 341 g/mol. The highest BCUT2D eigenvalue weighted by atomic mass is 16.5. The van der Waals surface area contributed by atoms with Crippen LogP contribution in [0.2, 0.25) is 0 Å². The lowest BCUT2D eigenvalue weighted by Gasteiger charge is -2.18. The highest BCUT2D eigenvalue weighted by Crippen LogP contribution is 2.20. The van der Waals surface area contributed by atoms with Gasteiger partial charge in [-0.25, -0.2) is 0 Å². The van der Waals surface area contributed by atoms with Gasteiger partial charge in [0.1, 0.15) is 5.75 Å². The lowest BCUT2D eigenvalue weighted by Crippen LogP contribution is -2.33. The molecule has 0 saturated carbocycles. The van der Waals surface area contributed by atoms with Crippen molar-refractivity contribution in [2.75, 3.05) is 6.61 Å². The largest absolute Gasteiger partial charge is 0.484 e. The fourth-order valence-electron chi connectivity index (χ4n) is 2.46. The Morgan fingerprint density at radius 3 is 2.36 bits per heavy atom. The highest BCUT2D eigenvalue weighted by molar-refractivity contribution is 5.79. The molecule has 1 amide bonds. The molecule has 5 heteroatoms. The number of ether oxygens (including phenoxy) is 1. The van der Waals surface area contributed by atoms with Gasteiger partial charge in [-0.1, -0.05) is 56.3 Å². The van der Waals surface area contributed by atoms with Crippen LogP contribution in [-0.4, -0.2) is 23.6 Å². The molecule has 5 nitrogen and oxygen atoms in total. The van der Waals surface area contributed by atoms with Crippen molar-refractivity contribution in [3.05, 3.63) is 65.7 Å². The van der Waals surface area contributed by atoms with Gasteiger partial charge in [0.05, 0.1) is 12.5 Å². The molecule has 0 radical (unpaired) electrons. The second-order valence-corrected chi connectivity index (χ2v) is 6.14. The topological polar surface area (TPSA) is 75.6 Å². The number of carbonyl (C=O) groups is 2. The molecular weight excluding hydrogens is 318 g/mol. The van der Waals surface area contributed by atoms with E-state index < -0.39 is 12.0 Å². The molecule has 0 bridgehead atoms. The number of benzene rings is 2. The summed E-state index contributed by atoms with van der Waals surface area (Å²) in [5, 5.41) is 11.8. The first-order valence-corrected chi connectivity index (χ1v) is 8.24. The second-order valence-electron chi connectivity index (χ2n) is 6.14. The molecule has 0 spiro atoms. The minimum atomic E-state index is -0.972. The molecule has 2 rings (SSSR count). The predicted molar refractivity (Wildman–Crippen MR) is 95.6 cm³/mol. The number of amides is 1. The molecule has 2 aromatic carbocycles. The molecule has 132 valence electrons. The lowest BCUT2D eigenvalue weighted by molar-refractivity contribution is -0.137. The molecule has 25 heavy (non-hydrogen) atoms. The van der Waals surface area contributed by atoms with E-state index in [1.807, 2.05) is 36.4 Å². The summed E-state index contributed by atoms with van der Waals surface area (Å²) in [5.41, 5.74) is 1.88. The summed E-state index contributed by atoms with van der Waals surface area (Å²) in [6.07, 6.45) is -0.182. The Morgan fingerprint density at radius 1 is 1.04 bits per heavy atom. The summed E-state index contributed by atoms with van der Waals surface area (Å²) in [5.74, 6) is -0.337. The molecule has 0 heterocycles. The summed E-state index contributed by atoms with van der Waals surface area (Å²) in [6.45, 7) is 4.01. The molecule has 2 aromatic rings. The van der Waals surface area contributed by atoms with Crippen LogP contribution in [0.1, 0.15) is 43.4 Å². The van der Waals surface area contributed by atoms with Gasteiger partial charge in [0.15, 0.2) is 6.61 Å². The van der Waals surface area contributed by atoms with Gasteiger partial charge in [-0.3, -0.25) is 9.59 Å². The summed E-state index contributed by atoms with van der Waals surface area (Å²) in [7, 11) is 0. The maximum Gasteiger partial charge on any atom is 0.305 e. The van der Waals surface area contributed by atoms with Crippen LogP contribution >= 0.6 is 0 Å². The molecule has 0 aliphatic carbocycles. The van der Waals surface area contributed by atoms with E-state index in [1.165, 1.54) is 0 Å². The SMILES string of the molecule is CC(C)c1cccc(OCC(=O)NC(CC(=O)O)c2ccccc2)c1. The summed E-state index contributed by atoms with van der Waals surface area (Å²) in [4.78, 5) is 23.2. The quantitative estimate of drug-likeness (QED) is 0.770. The molecule has 0 aliphatic heterocycles. The van der Waals surface area contributed by atoms with Crippen molar-refractivity contribution in [3.63, 3.8) is 0 Å². The maximum atomic E-state index is 12.2. The summed E-state index contributed by atoms with van der Waals surface area (Å²) in [6, 6.07) is 16.1. The Labute approximate surface area is 147 Å². The molecule has 2 N–H and O–H groups in total. The fraction of sp³-hybridized carbons (Fsp3) is 0.300. The number of aliphatic carboxylic acids is 1. The first-order chi connectivity index (χ1) is 12.0. The predicted octanol–water partition coefficient (Wildman–Crippen LogP) is 3.52. The number of hydrogen-bond acceptors (Lipinski definition) is 3. The summed E-state index contributed by atoms with van der Waals surface area (Å²) < 4.78 is 5.54.